The molecule has 2 heterocycles. The normalized spacial score (nSPS) is 16.0. The quantitative estimate of drug-likeness (QED) is 0.832. The van der Waals surface area contributed by atoms with Crippen molar-refractivity contribution >= 4 is 5.91 Å². The van der Waals surface area contributed by atoms with Crippen LogP contribution in [-0.4, -0.2) is 37.0 Å². The Kier molecular flexibility index (Phi) is 5.86. The zero-order chi connectivity index (χ0) is 15.1. The Morgan fingerprint density at radius 1 is 1.43 bits per heavy atom. The summed E-state index contributed by atoms with van der Waals surface area (Å²) in [5, 5.41) is 6.03. The van der Waals surface area contributed by atoms with Crippen LogP contribution in [0, 0.1) is 5.92 Å². The van der Waals surface area contributed by atoms with Crippen LogP contribution in [0.2, 0.25) is 0 Å². The predicted octanol–water partition coefficient (Wildman–Crippen LogP) is 1.34. The first-order valence-electron chi connectivity index (χ1n) is 7.00. The van der Waals surface area contributed by atoms with Crippen LogP contribution in [-0.2, 0) is 11.3 Å². The van der Waals surface area contributed by atoms with Crippen molar-refractivity contribution in [1.29, 1.82) is 0 Å². The summed E-state index contributed by atoms with van der Waals surface area (Å²) in [4.78, 5) is 16.1. The van der Waals surface area contributed by atoms with Crippen LogP contribution < -0.4 is 15.4 Å². The minimum absolute atomic E-state index is 0.0113. The summed E-state index contributed by atoms with van der Waals surface area (Å²) < 4.78 is 29.0. The van der Waals surface area contributed by atoms with Crippen molar-refractivity contribution in [3.05, 3.63) is 23.9 Å². The molecule has 1 aromatic rings. The maximum absolute atomic E-state index is 12.1. The third-order valence-electron chi connectivity index (χ3n) is 3.29. The molecule has 7 heteroatoms. The van der Waals surface area contributed by atoms with E-state index in [1.54, 1.807) is 12.1 Å². The Hall–Kier alpha value is -1.76. The third kappa shape index (κ3) is 5.26. The highest BCUT2D eigenvalue weighted by Crippen LogP contribution is 2.12. The van der Waals surface area contributed by atoms with Crippen molar-refractivity contribution in [2.45, 2.75) is 25.8 Å². The summed E-state index contributed by atoms with van der Waals surface area (Å²) in [6.07, 6.45) is -0.872. The minimum atomic E-state index is -2.53. The summed E-state index contributed by atoms with van der Waals surface area (Å²) in [5.74, 6) is 0.186. The maximum Gasteiger partial charge on any atom is 0.272 e. The molecule has 0 aromatic carbocycles. The lowest BCUT2D eigenvalue weighted by Gasteiger charge is -2.21. The van der Waals surface area contributed by atoms with E-state index in [2.05, 4.69) is 15.6 Å². The maximum atomic E-state index is 12.1. The molecule has 0 unspecified atom stereocenters. The molecule has 1 aliphatic heterocycles. The number of carbonyl (C=O) groups is 1. The fourth-order valence-corrected chi connectivity index (χ4v) is 2.19. The summed E-state index contributed by atoms with van der Waals surface area (Å²) in [6, 6.07) is 4.90. The van der Waals surface area contributed by atoms with Crippen molar-refractivity contribution < 1.29 is 18.3 Å². The first-order chi connectivity index (χ1) is 10.1. The topological polar surface area (TPSA) is 63.2 Å². The minimum Gasteiger partial charge on any atom is -0.472 e. The second-order valence-corrected chi connectivity index (χ2v) is 4.91. The van der Waals surface area contributed by atoms with Crippen molar-refractivity contribution in [2.24, 2.45) is 5.92 Å². The fraction of sp³-hybridized carbons (Fsp3) is 0.571. The highest BCUT2D eigenvalue weighted by Gasteiger charge is 2.20. The second-order valence-electron chi connectivity index (χ2n) is 4.91. The van der Waals surface area contributed by atoms with Gasteiger partial charge in [-0.25, -0.2) is 13.8 Å². The molecule has 2 N–H and O–H groups in total. The fourth-order valence-electron chi connectivity index (χ4n) is 2.19. The smallest absolute Gasteiger partial charge is 0.272 e. The predicted molar refractivity (Wildman–Crippen MR) is 73.2 cm³/mol. The van der Waals surface area contributed by atoms with Crippen LogP contribution >= 0.6 is 0 Å². The number of pyridine rings is 1. The Morgan fingerprint density at radius 2 is 2.19 bits per heavy atom. The molecule has 0 bridgehead atoms. The zero-order valence-electron chi connectivity index (χ0n) is 11.6. The average molecular weight is 299 g/mol. The van der Waals surface area contributed by atoms with Crippen LogP contribution in [0.25, 0.3) is 0 Å². The number of hydrogen-bond donors (Lipinski definition) is 2. The van der Waals surface area contributed by atoms with Gasteiger partial charge in [-0.2, -0.15) is 0 Å². The van der Waals surface area contributed by atoms with E-state index in [0.29, 0.717) is 5.69 Å². The number of nitrogens with zero attached hydrogens (tertiary/aromatic N) is 1. The van der Waals surface area contributed by atoms with E-state index in [0.717, 1.165) is 25.9 Å². The largest absolute Gasteiger partial charge is 0.472 e. The van der Waals surface area contributed by atoms with Gasteiger partial charge >= 0.3 is 0 Å². The Labute approximate surface area is 122 Å². The van der Waals surface area contributed by atoms with Crippen molar-refractivity contribution in [3.8, 4) is 5.88 Å². The molecule has 1 aliphatic rings. The van der Waals surface area contributed by atoms with Gasteiger partial charge in [-0.3, -0.25) is 4.79 Å². The molecule has 0 spiro atoms. The van der Waals surface area contributed by atoms with Crippen molar-refractivity contribution in [1.82, 2.24) is 15.6 Å². The molecule has 0 aliphatic carbocycles. The van der Waals surface area contributed by atoms with Crippen LogP contribution in [0.1, 0.15) is 18.5 Å². The monoisotopic (exact) mass is 299 g/mol. The number of rotatable bonds is 6. The molecule has 5 nitrogen and oxygen atoms in total. The van der Waals surface area contributed by atoms with E-state index >= 15 is 0 Å². The van der Waals surface area contributed by atoms with Crippen LogP contribution in [0.3, 0.4) is 0 Å². The van der Waals surface area contributed by atoms with Gasteiger partial charge in [-0.15, -0.1) is 0 Å². The van der Waals surface area contributed by atoms with E-state index in [1.807, 2.05) is 0 Å². The Balaban J connectivity index is 1.82. The molecular weight excluding hydrogens is 280 g/mol. The van der Waals surface area contributed by atoms with Gasteiger partial charge in [0.05, 0.1) is 12.2 Å². The van der Waals surface area contributed by atoms with Crippen LogP contribution in [0.5, 0.6) is 5.88 Å². The number of ether oxygens (including phenoxy) is 1. The van der Waals surface area contributed by atoms with Gasteiger partial charge in [0.1, 0.15) is 0 Å². The molecule has 1 amide bonds. The average Bonchev–Trinajstić information content (AvgIpc) is 2.52. The first-order valence-corrected chi connectivity index (χ1v) is 7.00. The summed E-state index contributed by atoms with van der Waals surface area (Å²) in [6.45, 7) is 1.30. The molecular formula is C14H19F2N3O2. The van der Waals surface area contributed by atoms with Gasteiger partial charge in [0.15, 0.2) is 6.61 Å². The lowest BCUT2D eigenvalue weighted by Crippen LogP contribution is -2.38. The number of piperidine rings is 1. The number of alkyl halides is 2. The number of carbonyl (C=O) groups excluding carboxylic acids is 1. The Bertz CT molecular complexity index is 465. The summed E-state index contributed by atoms with van der Waals surface area (Å²) in [7, 11) is 0. The van der Waals surface area contributed by atoms with Gasteiger partial charge in [0, 0.05) is 12.0 Å². The van der Waals surface area contributed by atoms with Gasteiger partial charge in [-0.05, 0) is 32.0 Å². The first kappa shape index (κ1) is 15.6. The van der Waals surface area contributed by atoms with Crippen LogP contribution in [0.4, 0.5) is 8.78 Å². The standard InChI is InChI=1S/C14H19F2N3O2/c15-12(16)9-21-13-3-1-2-11(19-13)8-18-14(20)10-4-6-17-7-5-10/h1-3,10,12,17H,4-9H2,(H,18,20). The van der Waals surface area contributed by atoms with Crippen LogP contribution in [0.15, 0.2) is 18.2 Å². The highest BCUT2D eigenvalue weighted by atomic mass is 19.3. The molecule has 0 atom stereocenters. The SMILES string of the molecule is O=C(NCc1cccc(OCC(F)F)n1)C1CCNCC1. The molecule has 2 rings (SSSR count). The number of nitrogens with one attached hydrogen (secondary N) is 2. The van der Waals surface area contributed by atoms with Gasteiger partial charge in [0.2, 0.25) is 11.8 Å². The van der Waals surface area contributed by atoms with E-state index in [4.69, 9.17) is 4.74 Å². The van der Waals surface area contributed by atoms with Gasteiger partial charge in [-0.1, -0.05) is 6.07 Å². The summed E-state index contributed by atoms with van der Waals surface area (Å²) >= 11 is 0. The zero-order valence-corrected chi connectivity index (χ0v) is 11.6. The van der Waals surface area contributed by atoms with Gasteiger partial charge in [0.25, 0.3) is 6.43 Å². The molecule has 21 heavy (non-hydrogen) atoms. The summed E-state index contributed by atoms with van der Waals surface area (Å²) in [5.41, 5.74) is 0.587. The lowest BCUT2D eigenvalue weighted by molar-refractivity contribution is -0.125. The van der Waals surface area contributed by atoms with E-state index < -0.39 is 13.0 Å². The molecule has 1 aromatic heterocycles. The van der Waals surface area contributed by atoms with Crippen molar-refractivity contribution in [2.75, 3.05) is 19.7 Å². The van der Waals surface area contributed by atoms with E-state index in [9.17, 15) is 13.6 Å². The third-order valence-corrected chi connectivity index (χ3v) is 3.29. The van der Waals surface area contributed by atoms with Gasteiger partial charge < -0.3 is 15.4 Å². The highest BCUT2D eigenvalue weighted by molar-refractivity contribution is 5.78. The lowest BCUT2D eigenvalue weighted by atomic mass is 9.97. The molecule has 116 valence electrons. The second kappa shape index (κ2) is 7.87. The number of aromatic nitrogens is 1. The molecule has 0 radical (unpaired) electrons. The number of halogens is 2. The number of hydrogen-bond acceptors (Lipinski definition) is 4. The molecule has 1 saturated heterocycles. The number of amides is 1. The van der Waals surface area contributed by atoms with E-state index in [-0.39, 0.29) is 24.2 Å². The molecule has 1 fully saturated rings. The van der Waals surface area contributed by atoms with E-state index in [1.165, 1.54) is 6.07 Å². The van der Waals surface area contributed by atoms with Crippen molar-refractivity contribution in [3.63, 3.8) is 0 Å². The Morgan fingerprint density at radius 3 is 2.90 bits per heavy atom. The molecule has 0 saturated carbocycles.